The van der Waals surface area contributed by atoms with Crippen LogP contribution in [-0.4, -0.2) is 11.5 Å². The average molecular weight is 228 g/mol. The van der Waals surface area contributed by atoms with Gasteiger partial charge in [0.2, 0.25) is 0 Å². The number of hydrogen-bond acceptors (Lipinski definition) is 2. The monoisotopic (exact) mass is 228 g/mol. The summed E-state index contributed by atoms with van der Waals surface area (Å²) >= 11 is 0. The molecule has 0 unspecified atom stereocenters. The molecule has 2 heteroatoms. The van der Waals surface area contributed by atoms with E-state index in [0.717, 1.165) is 24.5 Å². The van der Waals surface area contributed by atoms with Gasteiger partial charge in [-0.2, -0.15) is 0 Å². The van der Waals surface area contributed by atoms with Gasteiger partial charge < -0.3 is 5.32 Å². The summed E-state index contributed by atoms with van der Waals surface area (Å²) in [4.78, 5) is 4.32. The van der Waals surface area contributed by atoms with Crippen LogP contribution in [-0.2, 0) is 6.54 Å². The van der Waals surface area contributed by atoms with Crippen LogP contribution < -0.4 is 5.32 Å². The zero-order valence-corrected chi connectivity index (χ0v) is 10.6. The van der Waals surface area contributed by atoms with Gasteiger partial charge in [-0.1, -0.05) is 26.0 Å². The Balaban J connectivity index is 1.95. The summed E-state index contributed by atoms with van der Waals surface area (Å²) in [6, 6.07) is 10.6. The maximum atomic E-state index is 4.32. The molecule has 0 fully saturated rings. The van der Waals surface area contributed by atoms with E-state index in [0.29, 0.717) is 0 Å². The normalized spacial score (nSPS) is 11.2. The van der Waals surface area contributed by atoms with Crippen molar-refractivity contribution in [2.24, 2.45) is 5.92 Å². The molecule has 0 bridgehead atoms. The summed E-state index contributed by atoms with van der Waals surface area (Å²) < 4.78 is 0. The molecule has 0 aliphatic carbocycles. The molecule has 17 heavy (non-hydrogen) atoms. The lowest BCUT2D eigenvalue weighted by Crippen LogP contribution is -2.16. The highest BCUT2D eigenvalue weighted by Crippen LogP contribution is 2.13. The number of rotatable bonds is 5. The molecule has 1 aromatic carbocycles. The maximum absolute atomic E-state index is 4.32. The van der Waals surface area contributed by atoms with Crippen molar-refractivity contribution >= 4 is 10.9 Å². The van der Waals surface area contributed by atoms with Gasteiger partial charge in [-0.05, 0) is 42.6 Å². The highest BCUT2D eigenvalue weighted by molar-refractivity contribution is 5.78. The van der Waals surface area contributed by atoms with E-state index in [9.17, 15) is 0 Å². The van der Waals surface area contributed by atoms with Crippen molar-refractivity contribution in [3.63, 3.8) is 0 Å². The van der Waals surface area contributed by atoms with Gasteiger partial charge in [0.05, 0.1) is 5.52 Å². The van der Waals surface area contributed by atoms with Crippen molar-refractivity contribution in [2.45, 2.75) is 26.8 Å². The third-order valence-corrected chi connectivity index (χ3v) is 2.90. The Morgan fingerprint density at radius 2 is 2.12 bits per heavy atom. The number of nitrogens with zero attached hydrogens (tertiary/aromatic N) is 1. The second-order valence-corrected chi connectivity index (χ2v) is 4.89. The number of pyridine rings is 1. The first-order chi connectivity index (χ1) is 8.25. The molecule has 1 aromatic heterocycles. The van der Waals surface area contributed by atoms with Crippen LogP contribution >= 0.6 is 0 Å². The van der Waals surface area contributed by atoms with Crippen LogP contribution in [0.15, 0.2) is 36.5 Å². The van der Waals surface area contributed by atoms with Crippen molar-refractivity contribution in [3.05, 3.63) is 42.1 Å². The summed E-state index contributed by atoms with van der Waals surface area (Å²) in [5.41, 5.74) is 2.40. The Morgan fingerprint density at radius 3 is 2.94 bits per heavy atom. The third kappa shape index (κ3) is 3.53. The van der Waals surface area contributed by atoms with Gasteiger partial charge in [0, 0.05) is 18.1 Å². The fraction of sp³-hybridized carbons (Fsp3) is 0.400. The van der Waals surface area contributed by atoms with Gasteiger partial charge in [-0.25, -0.2) is 0 Å². The summed E-state index contributed by atoms with van der Waals surface area (Å²) in [6.45, 7) is 6.53. The van der Waals surface area contributed by atoms with Crippen LogP contribution in [0, 0.1) is 5.92 Å². The number of hydrogen-bond donors (Lipinski definition) is 1. The summed E-state index contributed by atoms with van der Waals surface area (Å²) in [5.74, 6) is 0.767. The van der Waals surface area contributed by atoms with Crippen LogP contribution in [0.3, 0.4) is 0 Å². The Kier molecular flexibility index (Phi) is 4.10. The topological polar surface area (TPSA) is 24.9 Å². The summed E-state index contributed by atoms with van der Waals surface area (Å²) in [5, 5.41) is 4.70. The van der Waals surface area contributed by atoms with E-state index in [1.807, 2.05) is 12.3 Å². The van der Waals surface area contributed by atoms with E-state index in [-0.39, 0.29) is 0 Å². The quantitative estimate of drug-likeness (QED) is 0.794. The SMILES string of the molecule is CC(C)CCNCc1ccc2ncccc2c1. The van der Waals surface area contributed by atoms with Gasteiger partial charge in [-0.15, -0.1) is 0 Å². The smallest absolute Gasteiger partial charge is 0.0702 e. The molecule has 90 valence electrons. The molecule has 1 heterocycles. The van der Waals surface area contributed by atoms with Crippen LogP contribution in [0.1, 0.15) is 25.8 Å². The standard InChI is InChI=1S/C15H20N2/c1-12(2)7-9-16-11-13-5-6-15-14(10-13)4-3-8-17-15/h3-6,8,10,12,16H,7,9,11H2,1-2H3. The summed E-state index contributed by atoms with van der Waals surface area (Å²) in [6.07, 6.45) is 3.07. The zero-order chi connectivity index (χ0) is 12.1. The molecule has 0 spiro atoms. The molecule has 0 saturated heterocycles. The Morgan fingerprint density at radius 1 is 1.24 bits per heavy atom. The Labute approximate surface area is 103 Å². The van der Waals surface area contributed by atoms with Crippen molar-refractivity contribution in [2.75, 3.05) is 6.54 Å². The number of nitrogens with one attached hydrogen (secondary N) is 1. The molecule has 2 nitrogen and oxygen atoms in total. The Bertz CT molecular complexity index is 477. The second kappa shape index (κ2) is 5.78. The van der Waals surface area contributed by atoms with E-state index in [4.69, 9.17) is 0 Å². The molecule has 0 saturated carbocycles. The maximum Gasteiger partial charge on any atom is 0.0702 e. The van der Waals surface area contributed by atoms with Gasteiger partial charge in [0.25, 0.3) is 0 Å². The first kappa shape index (κ1) is 12.1. The van der Waals surface area contributed by atoms with Crippen LogP contribution in [0.4, 0.5) is 0 Å². The van der Waals surface area contributed by atoms with Gasteiger partial charge in [-0.3, -0.25) is 4.98 Å². The third-order valence-electron chi connectivity index (χ3n) is 2.90. The van der Waals surface area contributed by atoms with Gasteiger partial charge in [0.15, 0.2) is 0 Å². The lowest BCUT2D eigenvalue weighted by Gasteiger charge is -2.07. The first-order valence-electron chi connectivity index (χ1n) is 6.30. The second-order valence-electron chi connectivity index (χ2n) is 4.89. The van der Waals surface area contributed by atoms with Crippen molar-refractivity contribution in [3.8, 4) is 0 Å². The number of benzene rings is 1. The molecule has 0 atom stereocenters. The van der Waals surface area contributed by atoms with Crippen LogP contribution in [0.2, 0.25) is 0 Å². The van der Waals surface area contributed by atoms with E-state index in [1.165, 1.54) is 17.4 Å². The Hall–Kier alpha value is -1.41. The highest BCUT2D eigenvalue weighted by atomic mass is 14.8. The lowest BCUT2D eigenvalue weighted by atomic mass is 10.1. The molecular weight excluding hydrogens is 208 g/mol. The van der Waals surface area contributed by atoms with Crippen molar-refractivity contribution in [1.82, 2.24) is 10.3 Å². The molecule has 2 aromatic rings. The molecule has 0 amide bonds. The summed E-state index contributed by atoms with van der Waals surface area (Å²) in [7, 11) is 0. The lowest BCUT2D eigenvalue weighted by molar-refractivity contribution is 0.537. The minimum Gasteiger partial charge on any atom is -0.313 e. The molecule has 1 N–H and O–H groups in total. The minimum absolute atomic E-state index is 0.767. The van der Waals surface area contributed by atoms with E-state index in [1.54, 1.807) is 0 Å². The number of aromatic nitrogens is 1. The molecule has 0 aliphatic rings. The zero-order valence-electron chi connectivity index (χ0n) is 10.6. The van der Waals surface area contributed by atoms with E-state index < -0.39 is 0 Å². The predicted octanol–water partition coefficient (Wildman–Crippen LogP) is 3.37. The predicted molar refractivity (Wildman–Crippen MR) is 72.9 cm³/mol. The van der Waals surface area contributed by atoms with Gasteiger partial charge >= 0.3 is 0 Å². The first-order valence-corrected chi connectivity index (χ1v) is 6.30. The van der Waals surface area contributed by atoms with Crippen molar-refractivity contribution < 1.29 is 0 Å². The number of fused-ring (bicyclic) bond motifs is 1. The largest absolute Gasteiger partial charge is 0.313 e. The van der Waals surface area contributed by atoms with Crippen molar-refractivity contribution in [1.29, 1.82) is 0 Å². The van der Waals surface area contributed by atoms with Crippen LogP contribution in [0.25, 0.3) is 10.9 Å². The van der Waals surface area contributed by atoms with Gasteiger partial charge in [0.1, 0.15) is 0 Å². The molecular formula is C15H20N2. The average Bonchev–Trinajstić information content (AvgIpc) is 2.34. The molecule has 0 radical (unpaired) electrons. The minimum atomic E-state index is 0.767. The highest BCUT2D eigenvalue weighted by Gasteiger charge is 1.97. The fourth-order valence-electron chi connectivity index (χ4n) is 1.86. The fourth-order valence-corrected chi connectivity index (χ4v) is 1.86. The molecule has 2 rings (SSSR count). The van der Waals surface area contributed by atoms with E-state index in [2.05, 4.69) is 48.4 Å². The van der Waals surface area contributed by atoms with E-state index >= 15 is 0 Å². The van der Waals surface area contributed by atoms with Crippen LogP contribution in [0.5, 0.6) is 0 Å². The molecule has 0 aliphatic heterocycles.